The number of benzene rings is 3. The third kappa shape index (κ3) is 2.98. The van der Waals surface area contributed by atoms with E-state index >= 15 is 0 Å². The lowest BCUT2D eigenvalue weighted by molar-refractivity contribution is 1.44. The molecule has 4 rings (SSSR count). The first-order valence-corrected chi connectivity index (χ1v) is 9.63. The van der Waals surface area contributed by atoms with Gasteiger partial charge < -0.3 is 0 Å². The van der Waals surface area contributed by atoms with Gasteiger partial charge in [0.05, 0.1) is 0 Å². The highest BCUT2D eigenvalue weighted by Gasteiger charge is 2.20. The molecule has 0 saturated carbocycles. The van der Waals surface area contributed by atoms with Gasteiger partial charge in [0, 0.05) is 0 Å². The Morgan fingerprint density at radius 3 is 1.79 bits per heavy atom. The number of allylic oxidation sites excluding steroid dienone is 4. The number of rotatable bonds is 4. The molecule has 0 nitrogen and oxygen atoms in total. The molecule has 0 aliphatic heterocycles. The van der Waals surface area contributed by atoms with Crippen molar-refractivity contribution < 1.29 is 0 Å². The van der Waals surface area contributed by atoms with Crippen LogP contribution in [0.5, 0.6) is 0 Å². The fraction of sp³-hybridized carbons (Fsp3) is 0.0435. The first-order chi connectivity index (χ1) is 11.9. The smallest absolute Gasteiger partial charge is 0.00758 e. The highest BCUT2D eigenvalue weighted by molar-refractivity contribution is 7.80. The summed E-state index contributed by atoms with van der Waals surface area (Å²) in [6.07, 6.45) is 7.69. The third-order valence-electron chi connectivity index (χ3n) is 4.29. The fourth-order valence-electron chi connectivity index (χ4n) is 3.17. The van der Waals surface area contributed by atoms with Crippen molar-refractivity contribution in [2.75, 3.05) is 0 Å². The summed E-state index contributed by atoms with van der Waals surface area (Å²) in [5, 5.41) is 4.25. The van der Waals surface area contributed by atoms with Crippen molar-refractivity contribution in [2.24, 2.45) is 0 Å². The number of hydrogen-bond donors (Lipinski definition) is 0. The van der Waals surface area contributed by atoms with E-state index in [0.29, 0.717) is 0 Å². The van der Waals surface area contributed by atoms with Gasteiger partial charge in [-0.25, -0.2) is 0 Å². The molecular weight excluding hydrogens is 307 g/mol. The zero-order valence-corrected chi connectivity index (χ0v) is 14.4. The van der Waals surface area contributed by atoms with Crippen LogP contribution in [0.1, 0.15) is 12.0 Å². The second kappa shape index (κ2) is 6.99. The van der Waals surface area contributed by atoms with Crippen LogP contribution in [0.15, 0.2) is 103 Å². The SMILES string of the molecule is C1=CCC(c2ccccc2P(c2ccccc2)c2ccccc2)=C1. The Labute approximate surface area is 144 Å². The molecule has 0 N–H and O–H groups in total. The van der Waals surface area contributed by atoms with E-state index < -0.39 is 7.92 Å². The van der Waals surface area contributed by atoms with Gasteiger partial charge in [0.1, 0.15) is 0 Å². The summed E-state index contributed by atoms with van der Waals surface area (Å²) in [6, 6.07) is 30.7. The quantitative estimate of drug-likeness (QED) is 0.605. The highest BCUT2D eigenvalue weighted by Crippen LogP contribution is 2.36. The third-order valence-corrected chi connectivity index (χ3v) is 6.79. The van der Waals surface area contributed by atoms with E-state index in [9.17, 15) is 0 Å². The van der Waals surface area contributed by atoms with Gasteiger partial charge in [0.25, 0.3) is 0 Å². The maximum Gasteiger partial charge on any atom is -0.00758 e. The van der Waals surface area contributed by atoms with Gasteiger partial charge in [-0.05, 0) is 41.4 Å². The van der Waals surface area contributed by atoms with Gasteiger partial charge >= 0.3 is 0 Å². The number of hydrogen-bond acceptors (Lipinski definition) is 0. The minimum absolute atomic E-state index is 0.552. The van der Waals surface area contributed by atoms with E-state index in [4.69, 9.17) is 0 Å². The van der Waals surface area contributed by atoms with Crippen LogP contribution in [0, 0.1) is 0 Å². The van der Waals surface area contributed by atoms with E-state index in [1.54, 1.807) is 0 Å². The summed E-state index contributed by atoms with van der Waals surface area (Å²) < 4.78 is 0. The molecule has 0 atom stereocenters. The average molecular weight is 326 g/mol. The zero-order valence-electron chi connectivity index (χ0n) is 13.5. The molecule has 1 aliphatic carbocycles. The largest absolute Gasteiger partial charge is 0.0801 e. The summed E-state index contributed by atoms with van der Waals surface area (Å²) in [7, 11) is -0.552. The summed E-state index contributed by atoms with van der Waals surface area (Å²) in [5.74, 6) is 0. The minimum Gasteiger partial charge on any atom is -0.0801 e. The van der Waals surface area contributed by atoms with Crippen molar-refractivity contribution >= 4 is 29.4 Å². The lowest BCUT2D eigenvalue weighted by Gasteiger charge is -2.22. The van der Waals surface area contributed by atoms with E-state index in [0.717, 1.165) is 6.42 Å². The van der Waals surface area contributed by atoms with Gasteiger partial charge in [-0.1, -0.05) is 103 Å². The van der Waals surface area contributed by atoms with E-state index in [2.05, 4.69) is 103 Å². The molecule has 1 aliphatic rings. The normalized spacial score (nSPS) is 13.3. The average Bonchev–Trinajstić information content (AvgIpc) is 3.19. The molecular formula is C23H19P. The molecule has 0 bridgehead atoms. The van der Waals surface area contributed by atoms with Crippen LogP contribution in [0.2, 0.25) is 0 Å². The Bertz CT molecular complexity index is 837. The maximum absolute atomic E-state index is 2.31. The highest BCUT2D eigenvalue weighted by atomic mass is 31.1. The Morgan fingerprint density at radius 2 is 1.21 bits per heavy atom. The predicted octanol–water partition coefficient (Wildman–Crippen LogP) is 4.79. The monoisotopic (exact) mass is 326 g/mol. The van der Waals surface area contributed by atoms with Crippen LogP contribution in [-0.4, -0.2) is 0 Å². The van der Waals surface area contributed by atoms with Gasteiger partial charge in [-0.3, -0.25) is 0 Å². The standard InChI is InChI=1S/C23H19P/c1-3-13-20(14-4-1)24(21-15-5-2-6-16-21)23-18-10-9-17-22(23)19-11-7-8-12-19/h1-11,13-18H,12H2. The van der Waals surface area contributed by atoms with Crippen LogP contribution in [-0.2, 0) is 0 Å². The molecule has 0 heterocycles. The molecule has 1 heteroatoms. The van der Waals surface area contributed by atoms with Gasteiger partial charge in [-0.15, -0.1) is 0 Å². The van der Waals surface area contributed by atoms with E-state index in [-0.39, 0.29) is 0 Å². The summed E-state index contributed by atoms with van der Waals surface area (Å²) in [6.45, 7) is 0. The molecule has 24 heavy (non-hydrogen) atoms. The molecule has 116 valence electrons. The summed E-state index contributed by atoms with van der Waals surface area (Å²) in [5.41, 5.74) is 2.81. The maximum atomic E-state index is 2.31. The first-order valence-electron chi connectivity index (χ1n) is 8.29. The van der Waals surface area contributed by atoms with Gasteiger partial charge in [-0.2, -0.15) is 0 Å². The zero-order chi connectivity index (χ0) is 16.2. The molecule has 0 saturated heterocycles. The van der Waals surface area contributed by atoms with Crippen LogP contribution in [0.25, 0.3) is 5.57 Å². The second-order valence-corrected chi connectivity index (χ2v) is 8.03. The fourth-order valence-corrected chi connectivity index (χ4v) is 5.66. The van der Waals surface area contributed by atoms with Crippen molar-refractivity contribution in [3.63, 3.8) is 0 Å². The molecule has 0 aromatic heterocycles. The van der Waals surface area contributed by atoms with Crippen molar-refractivity contribution in [3.05, 3.63) is 109 Å². The summed E-state index contributed by atoms with van der Waals surface area (Å²) in [4.78, 5) is 0. The Balaban J connectivity index is 1.89. The van der Waals surface area contributed by atoms with E-state index in [1.807, 2.05) is 0 Å². The molecule has 3 aromatic carbocycles. The lowest BCUT2D eigenvalue weighted by atomic mass is 10.1. The molecule has 0 amide bonds. The van der Waals surface area contributed by atoms with Crippen LogP contribution < -0.4 is 15.9 Å². The molecule has 3 aromatic rings. The van der Waals surface area contributed by atoms with Gasteiger partial charge in [0.2, 0.25) is 0 Å². The van der Waals surface area contributed by atoms with Crippen LogP contribution in [0.4, 0.5) is 0 Å². The molecule has 0 unspecified atom stereocenters. The van der Waals surface area contributed by atoms with E-state index in [1.165, 1.54) is 27.1 Å². The topological polar surface area (TPSA) is 0 Å². The van der Waals surface area contributed by atoms with Crippen LogP contribution >= 0.6 is 7.92 Å². The summed E-state index contributed by atoms with van der Waals surface area (Å²) >= 11 is 0. The predicted molar refractivity (Wildman–Crippen MR) is 107 cm³/mol. The molecule has 0 spiro atoms. The first kappa shape index (κ1) is 15.1. The van der Waals surface area contributed by atoms with Gasteiger partial charge in [0.15, 0.2) is 0 Å². The second-order valence-electron chi connectivity index (χ2n) is 5.85. The minimum atomic E-state index is -0.552. The van der Waals surface area contributed by atoms with Crippen molar-refractivity contribution in [3.8, 4) is 0 Å². The van der Waals surface area contributed by atoms with Crippen molar-refractivity contribution in [2.45, 2.75) is 6.42 Å². The van der Waals surface area contributed by atoms with Crippen LogP contribution in [0.3, 0.4) is 0 Å². The molecule has 0 fully saturated rings. The Kier molecular flexibility index (Phi) is 4.40. The Morgan fingerprint density at radius 1 is 0.625 bits per heavy atom. The van der Waals surface area contributed by atoms with Crippen molar-refractivity contribution in [1.29, 1.82) is 0 Å². The lowest BCUT2D eigenvalue weighted by Crippen LogP contribution is -2.22. The molecule has 0 radical (unpaired) electrons. The Hall–Kier alpha value is -2.43. The van der Waals surface area contributed by atoms with Crippen molar-refractivity contribution in [1.82, 2.24) is 0 Å².